The Hall–Kier alpha value is 0.903. The van der Waals surface area contributed by atoms with Gasteiger partial charge in [0.25, 0.3) is 0 Å². The van der Waals surface area contributed by atoms with Crippen molar-refractivity contribution in [3.8, 4) is 0 Å². The number of hydrogen-bond donors (Lipinski definition) is 0. The Balaban J connectivity index is -0.0000000406. The molecule has 0 spiro atoms. The second-order valence-corrected chi connectivity index (χ2v) is 8.26. The van der Waals surface area contributed by atoms with E-state index in [0.717, 1.165) is 0 Å². The molecule has 0 N–H and O–H groups in total. The van der Waals surface area contributed by atoms with Crippen molar-refractivity contribution >= 4 is 31.1 Å². The minimum absolute atomic E-state index is 0. The second-order valence-electron chi connectivity index (χ2n) is 3.14. The van der Waals surface area contributed by atoms with Crippen LogP contribution in [-0.2, 0) is 0 Å². The predicted molar refractivity (Wildman–Crippen MR) is 55.5 cm³/mol. The van der Waals surface area contributed by atoms with Crippen LogP contribution in [0.3, 0.4) is 0 Å². The van der Waals surface area contributed by atoms with Gasteiger partial charge in [-0.25, -0.2) is 0 Å². The van der Waals surface area contributed by atoms with Gasteiger partial charge in [0.1, 0.15) is 0 Å². The van der Waals surface area contributed by atoms with Crippen molar-refractivity contribution in [3.63, 3.8) is 0 Å². The van der Waals surface area contributed by atoms with Gasteiger partial charge in [-0.05, 0) is 0 Å². The molecule has 0 amide bonds. The van der Waals surface area contributed by atoms with Gasteiger partial charge >= 0.3 is 23.1 Å². The first kappa shape index (κ1) is 23.1. The minimum atomic E-state index is -0.861. The zero-order chi connectivity index (χ0) is 9.91. The third kappa shape index (κ3) is 1310. The van der Waals surface area contributed by atoms with E-state index in [0.29, 0.717) is 0 Å². The van der Waals surface area contributed by atoms with Crippen molar-refractivity contribution in [1.29, 1.82) is 0 Å². The van der Waals surface area contributed by atoms with Crippen LogP contribution in [0.2, 0.25) is 19.6 Å². The van der Waals surface area contributed by atoms with Crippen molar-refractivity contribution < 1.29 is 10.2 Å². The Kier molecular flexibility index (Phi) is 34.3. The summed E-state index contributed by atoms with van der Waals surface area (Å²) < 4.78 is 0. The molecule has 71 valence electrons. The molecule has 0 saturated carbocycles. The van der Waals surface area contributed by atoms with Crippen molar-refractivity contribution in [1.82, 2.24) is 0 Å². The Morgan fingerprint density at radius 1 is 1.00 bits per heavy atom. The SMILES string of the molecule is CC[O-].CC[O-].[CH2][Si](C)(C)C.[Mg+2]. The monoisotopic (exact) mass is 201 g/mol. The van der Waals surface area contributed by atoms with Crippen molar-refractivity contribution in [3.05, 3.63) is 6.55 Å². The molecular formula is C8H21MgO2Si. The molecule has 0 aliphatic rings. The molecule has 0 aromatic rings. The van der Waals surface area contributed by atoms with E-state index in [1.54, 1.807) is 13.8 Å². The quantitative estimate of drug-likeness (QED) is 0.520. The molecule has 0 atom stereocenters. The third-order valence-electron chi connectivity index (χ3n) is 0. The van der Waals surface area contributed by atoms with Gasteiger partial charge in [-0.15, -0.1) is 13.2 Å². The van der Waals surface area contributed by atoms with Crippen LogP contribution in [0.5, 0.6) is 0 Å². The summed E-state index contributed by atoms with van der Waals surface area (Å²) in [5, 5.41) is 17.9. The molecule has 2 nitrogen and oxygen atoms in total. The Morgan fingerprint density at radius 2 is 1.00 bits per heavy atom. The third-order valence-corrected chi connectivity index (χ3v) is 0. The molecular weight excluding hydrogens is 180 g/mol. The first-order chi connectivity index (χ1) is 4.83. The average molecular weight is 202 g/mol. The molecule has 0 aromatic heterocycles. The fourth-order valence-electron chi connectivity index (χ4n) is 0. The molecule has 0 saturated heterocycles. The molecule has 0 fully saturated rings. The normalized spacial score (nSPS) is 8.00. The van der Waals surface area contributed by atoms with E-state index in [1.165, 1.54) is 0 Å². The van der Waals surface area contributed by atoms with Crippen molar-refractivity contribution in [2.75, 3.05) is 13.2 Å². The van der Waals surface area contributed by atoms with Crippen LogP contribution in [0.1, 0.15) is 13.8 Å². The fourth-order valence-corrected chi connectivity index (χ4v) is 0. The van der Waals surface area contributed by atoms with Crippen LogP contribution in [0.4, 0.5) is 0 Å². The van der Waals surface area contributed by atoms with Crippen LogP contribution in [0, 0.1) is 6.55 Å². The molecule has 0 aromatic carbocycles. The number of hydrogen-bond acceptors (Lipinski definition) is 2. The molecule has 0 aliphatic heterocycles. The topological polar surface area (TPSA) is 46.1 Å². The predicted octanol–water partition coefficient (Wildman–Crippen LogP) is 0.0503. The Bertz CT molecular complexity index is 47.5. The van der Waals surface area contributed by atoms with E-state index < -0.39 is 8.07 Å². The van der Waals surface area contributed by atoms with Crippen molar-refractivity contribution in [2.45, 2.75) is 33.5 Å². The summed E-state index contributed by atoms with van der Waals surface area (Å²) in [6, 6.07) is 0. The van der Waals surface area contributed by atoms with Crippen molar-refractivity contribution in [2.24, 2.45) is 0 Å². The molecule has 0 rings (SSSR count). The van der Waals surface area contributed by atoms with E-state index in [9.17, 15) is 0 Å². The summed E-state index contributed by atoms with van der Waals surface area (Å²) in [7, 11) is -0.861. The molecule has 0 aliphatic carbocycles. The summed E-state index contributed by atoms with van der Waals surface area (Å²) in [5.41, 5.74) is 0. The van der Waals surface area contributed by atoms with Crippen LogP contribution in [0.25, 0.3) is 0 Å². The van der Waals surface area contributed by atoms with Gasteiger partial charge in [0.2, 0.25) is 0 Å². The number of rotatable bonds is 0. The van der Waals surface area contributed by atoms with E-state index in [4.69, 9.17) is 10.2 Å². The summed E-state index contributed by atoms with van der Waals surface area (Å²) in [6.07, 6.45) is 0. The van der Waals surface area contributed by atoms with E-state index in [1.807, 2.05) is 0 Å². The summed E-state index contributed by atoms with van der Waals surface area (Å²) >= 11 is 0. The fraction of sp³-hybridized carbons (Fsp3) is 0.875. The molecule has 4 heteroatoms. The van der Waals surface area contributed by atoms with Crippen LogP contribution in [0.15, 0.2) is 0 Å². The van der Waals surface area contributed by atoms with E-state index in [2.05, 4.69) is 26.2 Å². The summed E-state index contributed by atoms with van der Waals surface area (Å²) in [4.78, 5) is 0. The molecule has 0 bridgehead atoms. The van der Waals surface area contributed by atoms with Gasteiger partial charge in [0.15, 0.2) is 0 Å². The largest absolute Gasteiger partial charge is 2.00 e. The minimum Gasteiger partial charge on any atom is -0.855 e. The van der Waals surface area contributed by atoms with Gasteiger partial charge in [-0.1, -0.05) is 40.0 Å². The summed E-state index contributed by atoms with van der Waals surface area (Å²) in [5.74, 6) is 0. The Labute approximate surface area is 94.5 Å². The zero-order valence-electron chi connectivity index (χ0n) is 9.14. The standard InChI is InChI=1S/C4H11Si.2C2H5O.Mg/c1-5(2,3)4;2*1-2-3;/h1H2,2-4H3;2*2H2,1H3;/q;2*-1;+2. The van der Waals surface area contributed by atoms with E-state index >= 15 is 0 Å². The molecule has 1 radical (unpaired) electrons. The van der Waals surface area contributed by atoms with Crippen LogP contribution < -0.4 is 10.2 Å². The Morgan fingerprint density at radius 3 is 1.00 bits per heavy atom. The van der Waals surface area contributed by atoms with Gasteiger partial charge in [0, 0.05) is 8.07 Å². The average Bonchev–Trinajstić information content (AvgIpc) is 1.62. The smallest absolute Gasteiger partial charge is 0.855 e. The molecule has 12 heavy (non-hydrogen) atoms. The zero-order valence-corrected chi connectivity index (χ0v) is 11.6. The second kappa shape index (κ2) is 17.9. The molecule has 0 heterocycles. The maximum absolute atomic E-state index is 8.93. The van der Waals surface area contributed by atoms with Gasteiger partial charge in [0.05, 0.1) is 0 Å². The van der Waals surface area contributed by atoms with Gasteiger partial charge < -0.3 is 10.2 Å². The van der Waals surface area contributed by atoms with Crippen LogP contribution >= 0.6 is 0 Å². The maximum Gasteiger partial charge on any atom is 2.00 e. The van der Waals surface area contributed by atoms with Gasteiger partial charge in [-0.2, -0.15) is 0 Å². The maximum atomic E-state index is 8.93. The summed E-state index contributed by atoms with van der Waals surface area (Å²) in [6.45, 7) is 13.7. The molecule has 0 unspecified atom stereocenters. The first-order valence-corrected chi connectivity index (χ1v) is 7.55. The first-order valence-electron chi connectivity index (χ1n) is 3.85. The van der Waals surface area contributed by atoms with Crippen LogP contribution in [-0.4, -0.2) is 44.3 Å². The van der Waals surface area contributed by atoms with Gasteiger partial charge in [-0.3, -0.25) is 0 Å². The van der Waals surface area contributed by atoms with E-state index in [-0.39, 0.29) is 36.3 Å².